The van der Waals surface area contributed by atoms with Crippen molar-refractivity contribution in [2.45, 2.75) is 18.4 Å². The van der Waals surface area contributed by atoms with Gasteiger partial charge < -0.3 is 9.67 Å². The molecule has 0 aliphatic heterocycles. The second-order valence-electron chi connectivity index (χ2n) is 8.74. The topological polar surface area (TPSA) is 54.4 Å². The van der Waals surface area contributed by atoms with Crippen LogP contribution in [0.1, 0.15) is 28.8 Å². The van der Waals surface area contributed by atoms with Gasteiger partial charge in [-0.2, -0.15) is 0 Å². The molecule has 0 radical (unpaired) electrons. The molecule has 0 saturated heterocycles. The minimum absolute atomic E-state index is 0.202. The van der Waals surface area contributed by atoms with Crippen LogP contribution < -0.4 is 10.6 Å². The number of hydrogen-bond acceptors (Lipinski definition) is 3. The third kappa shape index (κ3) is 4.32. The van der Waals surface area contributed by atoms with Gasteiger partial charge in [-0.3, -0.25) is 4.79 Å². The predicted octanol–water partition coefficient (Wildman–Crippen LogP) is 5.96. The van der Waals surface area contributed by atoms with Gasteiger partial charge >= 0.3 is 0 Å². The molecule has 0 spiro atoms. The molecule has 1 aliphatic rings. The van der Waals surface area contributed by atoms with Gasteiger partial charge in [-0.05, 0) is 42.7 Å². The average Bonchev–Trinajstić information content (AvgIpc) is 3.66. The highest BCUT2D eigenvalue weighted by molar-refractivity contribution is 7.82. The molecule has 1 saturated carbocycles. The van der Waals surface area contributed by atoms with Crippen LogP contribution in [-0.2, 0) is 4.57 Å². The van der Waals surface area contributed by atoms with Gasteiger partial charge in [0, 0.05) is 27.1 Å². The molecule has 0 aromatic heterocycles. The highest BCUT2D eigenvalue weighted by Crippen LogP contribution is 2.64. The summed E-state index contributed by atoms with van der Waals surface area (Å²) in [5, 5.41) is 13.0. The van der Waals surface area contributed by atoms with Crippen LogP contribution in [0.2, 0.25) is 0 Å². The Morgan fingerprint density at radius 3 is 1.60 bits per heavy atom. The van der Waals surface area contributed by atoms with Gasteiger partial charge in [-0.25, -0.2) is 4.39 Å². The number of benzene rings is 4. The Morgan fingerprint density at radius 2 is 1.14 bits per heavy atom. The van der Waals surface area contributed by atoms with E-state index < -0.39 is 24.3 Å². The summed E-state index contributed by atoms with van der Waals surface area (Å²) in [6, 6.07) is 32.4. The average molecular weight is 482 g/mol. The van der Waals surface area contributed by atoms with Crippen LogP contribution in [-0.4, -0.2) is 16.5 Å². The van der Waals surface area contributed by atoms with Crippen molar-refractivity contribution in [3.8, 4) is 0 Å². The van der Waals surface area contributed by atoms with E-state index in [0.29, 0.717) is 29.0 Å². The summed E-state index contributed by atoms with van der Waals surface area (Å²) in [6.45, 7) is 0. The molecule has 4 aromatic carbocycles. The van der Waals surface area contributed by atoms with E-state index in [9.17, 15) is 14.3 Å². The number of rotatable bonds is 7. The fraction of sp³-hybridized carbons (Fsp3) is 0.100. The zero-order valence-electron chi connectivity index (χ0n) is 19.0. The van der Waals surface area contributed by atoms with Crippen molar-refractivity contribution in [3.05, 3.63) is 138 Å². The standard InChI is InChI=1S/C30H24FO3P/c31-24-18-16-23(17-19-24)28(32)27(22-10-4-1-5-11-22)29(30(33)20-21-30)35(34,25-12-6-2-7-13-25)26-14-8-3-9-15-26/h1-19,33H,20-21H2/b29-27+. The lowest BCUT2D eigenvalue weighted by Crippen LogP contribution is -2.27. The summed E-state index contributed by atoms with van der Waals surface area (Å²) in [6.07, 6.45) is 0.804. The summed E-state index contributed by atoms with van der Waals surface area (Å²) >= 11 is 0. The number of aliphatic hydroxyl groups is 1. The van der Waals surface area contributed by atoms with Crippen molar-refractivity contribution in [2.75, 3.05) is 0 Å². The molecule has 0 atom stereocenters. The van der Waals surface area contributed by atoms with E-state index in [0.717, 1.165) is 0 Å². The number of allylic oxidation sites excluding steroid dienone is 1. The molecular weight excluding hydrogens is 458 g/mol. The first-order valence-corrected chi connectivity index (χ1v) is 13.2. The van der Waals surface area contributed by atoms with Gasteiger partial charge in [0.1, 0.15) is 5.82 Å². The summed E-state index contributed by atoms with van der Waals surface area (Å²) < 4.78 is 29.0. The molecule has 1 N–H and O–H groups in total. The number of carbonyl (C=O) groups excluding carboxylic acids is 1. The van der Waals surface area contributed by atoms with Gasteiger partial charge in [0.15, 0.2) is 12.9 Å². The Bertz CT molecular complexity index is 1380. The maximum absolute atomic E-state index is 15.4. The zero-order chi connectivity index (χ0) is 24.5. The van der Waals surface area contributed by atoms with Crippen molar-refractivity contribution in [2.24, 2.45) is 0 Å². The van der Waals surface area contributed by atoms with Crippen LogP contribution in [0, 0.1) is 5.82 Å². The second-order valence-corrected chi connectivity index (χ2v) is 11.4. The van der Waals surface area contributed by atoms with E-state index in [1.807, 2.05) is 42.5 Å². The lowest BCUT2D eigenvalue weighted by atomic mass is 9.94. The first kappa shape index (κ1) is 23.2. The summed E-state index contributed by atoms with van der Waals surface area (Å²) in [4.78, 5) is 14.1. The molecule has 0 bridgehead atoms. The first-order chi connectivity index (χ1) is 16.9. The number of Topliss-reactive ketones (excluding diaryl/α,β-unsaturated/α-hetero) is 1. The van der Waals surface area contributed by atoms with Gasteiger partial charge in [-0.15, -0.1) is 0 Å². The summed E-state index contributed by atoms with van der Waals surface area (Å²) in [5.41, 5.74) is -0.362. The van der Waals surface area contributed by atoms with Crippen LogP contribution in [0.25, 0.3) is 5.57 Å². The third-order valence-electron chi connectivity index (χ3n) is 6.35. The number of hydrogen-bond donors (Lipinski definition) is 1. The number of ketones is 1. The van der Waals surface area contributed by atoms with Gasteiger partial charge in [0.05, 0.1) is 5.60 Å². The normalized spacial score (nSPS) is 15.3. The molecule has 3 nitrogen and oxygen atoms in total. The van der Waals surface area contributed by atoms with Gasteiger partial charge in [-0.1, -0.05) is 91.0 Å². The van der Waals surface area contributed by atoms with Crippen molar-refractivity contribution in [3.63, 3.8) is 0 Å². The molecular formula is C30H24FO3P. The quantitative estimate of drug-likeness (QED) is 0.201. The smallest absolute Gasteiger partial charge is 0.194 e. The SMILES string of the molecule is O=C(/C(=C(\C1(O)CC1)P(=O)(c1ccccc1)c1ccccc1)c1ccccc1)c1ccc(F)cc1. The molecule has 0 amide bonds. The molecule has 4 aromatic rings. The molecule has 5 rings (SSSR count). The van der Waals surface area contributed by atoms with Crippen LogP contribution >= 0.6 is 7.14 Å². The van der Waals surface area contributed by atoms with E-state index >= 15 is 4.57 Å². The Morgan fingerprint density at radius 1 is 0.686 bits per heavy atom. The number of halogens is 1. The van der Waals surface area contributed by atoms with E-state index in [2.05, 4.69) is 0 Å². The number of carbonyl (C=O) groups is 1. The second kappa shape index (κ2) is 9.22. The van der Waals surface area contributed by atoms with E-state index in [1.165, 1.54) is 24.3 Å². The largest absolute Gasteiger partial charge is 0.385 e. The van der Waals surface area contributed by atoms with Crippen LogP contribution in [0.4, 0.5) is 4.39 Å². The third-order valence-corrected chi connectivity index (χ3v) is 9.67. The minimum Gasteiger partial charge on any atom is -0.385 e. The molecule has 1 fully saturated rings. The fourth-order valence-corrected chi connectivity index (χ4v) is 7.80. The predicted molar refractivity (Wildman–Crippen MR) is 138 cm³/mol. The lowest BCUT2D eigenvalue weighted by Gasteiger charge is -2.29. The monoisotopic (exact) mass is 482 g/mol. The highest BCUT2D eigenvalue weighted by atomic mass is 31.2. The highest BCUT2D eigenvalue weighted by Gasteiger charge is 2.54. The van der Waals surface area contributed by atoms with Crippen molar-refractivity contribution >= 4 is 29.1 Å². The minimum atomic E-state index is -3.66. The summed E-state index contributed by atoms with van der Waals surface area (Å²) in [5.74, 6) is -0.856. The molecule has 1 aliphatic carbocycles. The Balaban J connectivity index is 1.89. The molecule has 35 heavy (non-hydrogen) atoms. The zero-order valence-corrected chi connectivity index (χ0v) is 19.9. The fourth-order valence-electron chi connectivity index (χ4n) is 4.45. The molecule has 5 heteroatoms. The maximum atomic E-state index is 15.4. The molecule has 0 heterocycles. The maximum Gasteiger partial charge on any atom is 0.194 e. The van der Waals surface area contributed by atoms with Gasteiger partial charge in [0.2, 0.25) is 0 Å². The lowest BCUT2D eigenvalue weighted by molar-refractivity contribution is 0.105. The van der Waals surface area contributed by atoms with Gasteiger partial charge in [0.25, 0.3) is 0 Å². The van der Waals surface area contributed by atoms with Crippen LogP contribution in [0.5, 0.6) is 0 Å². The van der Waals surface area contributed by atoms with Crippen LogP contribution in [0.3, 0.4) is 0 Å². The Hall–Kier alpha value is -3.59. The van der Waals surface area contributed by atoms with Crippen LogP contribution in [0.15, 0.2) is 121 Å². The van der Waals surface area contributed by atoms with Crippen molar-refractivity contribution < 1.29 is 18.9 Å². The molecule has 0 unspecified atom stereocenters. The van der Waals surface area contributed by atoms with Crippen molar-refractivity contribution in [1.82, 2.24) is 0 Å². The summed E-state index contributed by atoms with van der Waals surface area (Å²) in [7, 11) is -3.66. The van der Waals surface area contributed by atoms with E-state index in [4.69, 9.17) is 0 Å². The molecule has 174 valence electrons. The van der Waals surface area contributed by atoms with E-state index in [-0.39, 0.29) is 16.5 Å². The van der Waals surface area contributed by atoms with E-state index in [1.54, 1.807) is 48.5 Å². The first-order valence-electron chi connectivity index (χ1n) is 11.5. The van der Waals surface area contributed by atoms with Crippen molar-refractivity contribution in [1.29, 1.82) is 0 Å². The Labute approximate surface area is 204 Å². The Kier molecular flexibility index (Phi) is 6.10.